The lowest BCUT2D eigenvalue weighted by molar-refractivity contribution is -0.152. The number of fused-ring (bicyclic) bond motifs is 2. The molecule has 2 aliphatic carbocycles. The van der Waals surface area contributed by atoms with Crippen molar-refractivity contribution in [3.8, 4) is 11.5 Å². The molecule has 3 rings (SSSR count). The number of aryl methyl sites for hydroxylation is 1. The van der Waals surface area contributed by atoms with Crippen molar-refractivity contribution in [3.05, 3.63) is 23.3 Å². The van der Waals surface area contributed by atoms with Gasteiger partial charge in [0.25, 0.3) is 0 Å². The molecule has 146 valence electrons. The first-order valence-electron chi connectivity index (χ1n) is 10.2. The summed E-state index contributed by atoms with van der Waals surface area (Å²) in [6.07, 6.45) is 7.94. The minimum Gasteiger partial charge on any atom is -0.496 e. The molecular weight excluding hydrogens is 324 g/mol. The largest absolute Gasteiger partial charge is 0.496 e. The maximum atomic E-state index is 12.2. The Morgan fingerprint density at radius 3 is 2.15 bits per heavy atom. The van der Waals surface area contributed by atoms with Crippen LogP contribution < -0.4 is 9.47 Å². The molecule has 3 nitrogen and oxygen atoms in total. The average Bonchev–Trinajstić information content (AvgIpc) is 3.09. The fraction of sp³-hybridized carbons (Fsp3) is 0.739. The van der Waals surface area contributed by atoms with Crippen LogP contribution in [-0.2, 0) is 12.0 Å². The van der Waals surface area contributed by atoms with E-state index in [-0.39, 0.29) is 10.8 Å². The number of benzene rings is 1. The van der Waals surface area contributed by atoms with Crippen LogP contribution in [0.2, 0.25) is 0 Å². The lowest BCUT2D eigenvalue weighted by Gasteiger charge is -2.51. The fourth-order valence-corrected chi connectivity index (χ4v) is 5.93. The summed E-state index contributed by atoms with van der Waals surface area (Å²) in [4.78, 5) is 0. The van der Waals surface area contributed by atoms with Crippen LogP contribution in [0.15, 0.2) is 12.1 Å². The Morgan fingerprint density at radius 2 is 1.69 bits per heavy atom. The molecule has 0 aromatic heterocycles. The third-order valence-corrected chi connectivity index (χ3v) is 7.56. The second-order valence-corrected chi connectivity index (χ2v) is 9.26. The number of rotatable bonds is 7. The number of ether oxygens (including phenoxy) is 2. The molecule has 3 heteroatoms. The zero-order chi connectivity index (χ0) is 19.2. The quantitative estimate of drug-likeness (QED) is 0.655. The van der Waals surface area contributed by atoms with Gasteiger partial charge in [0.15, 0.2) is 0 Å². The Balaban J connectivity index is 2.12. The van der Waals surface area contributed by atoms with Crippen molar-refractivity contribution in [1.29, 1.82) is 0 Å². The van der Waals surface area contributed by atoms with E-state index in [2.05, 4.69) is 39.8 Å². The smallest absolute Gasteiger partial charge is 0.129 e. The van der Waals surface area contributed by atoms with E-state index in [1.807, 2.05) is 0 Å². The normalized spacial score (nSPS) is 32.0. The first-order valence-corrected chi connectivity index (χ1v) is 10.2. The summed E-state index contributed by atoms with van der Waals surface area (Å²) in [6, 6.07) is 4.24. The van der Waals surface area contributed by atoms with Gasteiger partial charge in [-0.05, 0) is 55.7 Å². The van der Waals surface area contributed by atoms with Gasteiger partial charge in [0.1, 0.15) is 17.1 Å². The van der Waals surface area contributed by atoms with Gasteiger partial charge in [-0.15, -0.1) is 0 Å². The highest BCUT2D eigenvalue weighted by Crippen LogP contribution is 2.73. The van der Waals surface area contributed by atoms with Crippen molar-refractivity contribution in [2.24, 2.45) is 16.7 Å². The molecule has 0 spiro atoms. The zero-order valence-corrected chi connectivity index (χ0v) is 17.4. The first kappa shape index (κ1) is 19.5. The molecule has 1 aromatic carbocycles. The van der Waals surface area contributed by atoms with Crippen molar-refractivity contribution >= 4 is 0 Å². The second-order valence-electron chi connectivity index (χ2n) is 9.26. The van der Waals surface area contributed by atoms with Gasteiger partial charge in [0, 0.05) is 10.8 Å². The van der Waals surface area contributed by atoms with Gasteiger partial charge >= 0.3 is 0 Å². The van der Waals surface area contributed by atoms with E-state index < -0.39 is 5.60 Å². The van der Waals surface area contributed by atoms with Crippen LogP contribution in [0.3, 0.4) is 0 Å². The lowest BCUT2D eigenvalue weighted by atomic mass is 9.57. The molecule has 2 saturated carbocycles. The topological polar surface area (TPSA) is 38.7 Å². The van der Waals surface area contributed by atoms with Crippen molar-refractivity contribution in [1.82, 2.24) is 0 Å². The Bertz CT molecular complexity index is 634. The summed E-state index contributed by atoms with van der Waals surface area (Å²) in [7, 11) is 3.42. The minimum atomic E-state index is -0.943. The molecule has 0 radical (unpaired) electrons. The molecule has 0 amide bonds. The zero-order valence-electron chi connectivity index (χ0n) is 17.4. The standard InChI is InChI=1S/C23H36O3/c1-7-8-9-10-16-13-18(25-5)20(19(14-16)26-6)23(24)21(2,3)17-11-12-22(23,4)15-17/h13-14,17,24H,7-12,15H2,1-6H3. The number of methoxy groups -OCH3 is 2. The lowest BCUT2D eigenvalue weighted by Crippen LogP contribution is -2.51. The average molecular weight is 361 g/mol. The van der Waals surface area contributed by atoms with E-state index in [4.69, 9.17) is 9.47 Å². The van der Waals surface area contributed by atoms with Crippen LogP contribution in [0.4, 0.5) is 0 Å². The Kier molecular flexibility index (Phi) is 5.07. The van der Waals surface area contributed by atoms with Gasteiger partial charge in [0.2, 0.25) is 0 Å². The maximum Gasteiger partial charge on any atom is 0.129 e. The van der Waals surface area contributed by atoms with Gasteiger partial charge < -0.3 is 14.6 Å². The van der Waals surface area contributed by atoms with Gasteiger partial charge in [-0.3, -0.25) is 0 Å². The van der Waals surface area contributed by atoms with Crippen molar-refractivity contribution in [2.45, 2.75) is 78.2 Å². The maximum absolute atomic E-state index is 12.2. The molecule has 2 bridgehead atoms. The fourth-order valence-electron chi connectivity index (χ4n) is 5.93. The number of aliphatic hydroxyl groups is 1. The van der Waals surface area contributed by atoms with Gasteiger partial charge in [-0.2, -0.15) is 0 Å². The minimum absolute atomic E-state index is 0.133. The van der Waals surface area contributed by atoms with E-state index in [1.165, 1.54) is 24.8 Å². The molecular formula is C23H36O3. The van der Waals surface area contributed by atoms with Crippen molar-refractivity contribution in [3.63, 3.8) is 0 Å². The van der Waals surface area contributed by atoms with E-state index in [9.17, 15) is 5.11 Å². The van der Waals surface area contributed by atoms with Gasteiger partial charge in [-0.1, -0.05) is 40.5 Å². The molecule has 0 heterocycles. The molecule has 3 atom stereocenters. The summed E-state index contributed by atoms with van der Waals surface area (Å²) in [5.74, 6) is 2.09. The third kappa shape index (κ3) is 2.58. The Labute approximate surface area is 159 Å². The van der Waals surface area contributed by atoms with Crippen molar-refractivity contribution < 1.29 is 14.6 Å². The van der Waals surface area contributed by atoms with Gasteiger partial charge in [-0.25, -0.2) is 0 Å². The predicted molar refractivity (Wildman–Crippen MR) is 106 cm³/mol. The highest BCUT2D eigenvalue weighted by Gasteiger charge is 2.70. The molecule has 3 unspecified atom stereocenters. The Hall–Kier alpha value is -1.22. The van der Waals surface area contributed by atoms with E-state index in [0.717, 1.165) is 42.7 Å². The number of hydrogen-bond acceptors (Lipinski definition) is 3. The molecule has 2 fully saturated rings. The predicted octanol–water partition coefficient (Wildman–Crippen LogP) is 5.47. The number of hydrogen-bond donors (Lipinski definition) is 1. The van der Waals surface area contributed by atoms with Gasteiger partial charge in [0.05, 0.1) is 19.8 Å². The SMILES string of the molecule is CCCCCc1cc(OC)c(C2(O)C3(C)CCC(C3)C2(C)C)c(OC)c1. The summed E-state index contributed by atoms with van der Waals surface area (Å²) in [5, 5.41) is 12.2. The van der Waals surface area contributed by atoms with Crippen LogP contribution >= 0.6 is 0 Å². The van der Waals surface area contributed by atoms with E-state index in [0.29, 0.717) is 5.92 Å². The first-order chi connectivity index (χ1) is 12.2. The second kappa shape index (κ2) is 6.74. The molecule has 0 saturated heterocycles. The summed E-state index contributed by atoms with van der Waals surface area (Å²) in [5.41, 5.74) is 0.805. The van der Waals surface area contributed by atoms with Crippen LogP contribution in [0.1, 0.15) is 77.3 Å². The summed E-state index contributed by atoms with van der Waals surface area (Å²) < 4.78 is 11.6. The molecule has 1 N–H and O–H groups in total. The molecule has 26 heavy (non-hydrogen) atoms. The van der Waals surface area contributed by atoms with Crippen LogP contribution in [-0.4, -0.2) is 19.3 Å². The highest BCUT2D eigenvalue weighted by molar-refractivity contribution is 5.54. The van der Waals surface area contributed by atoms with Crippen LogP contribution in [0, 0.1) is 16.7 Å². The van der Waals surface area contributed by atoms with Crippen LogP contribution in [0.25, 0.3) is 0 Å². The van der Waals surface area contributed by atoms with E-state index >= 15 is 0 Å². The number of unbranched alkanes of at least 4 members (excludes halogenated alkanes) is 2. The highest BCUT2D eigenvalue weighted by atomic mass is 16.5. The third-order valence-electron chi connectivity index (χ3n) is 7.56. The molecule has 2 aliphatic rings. The van der Waals surface area contributed by atoms with Crippen LogP contribution in [0.5, 0.6) is 11.5 Å². The van der Waals surface area contributed by atoms with Crippen molar-refractivity contribution in [2.75, 3.05) is 14.2 Å². The molecule has 0 aliphatic heterocycles. The summed E-state index contributed by atoms with van der Waals surface area (Å²) in [6.45, 7) is 8.90. The Morgan fingerprint density at radius 1 is 1.08 bits per heavy atom. The molecule has 1 aromatic rings. The summed E-state index contributed by atoms with van der Waals surface area (Å²) >= 11 is 0. The monoisotopic (exact) mass is 360 g/mol. The van der Waals surface area contributed by atoms with E-state index in [1.54, 1.807) is 14.2 Å².